The number of halogens is 2. The normalized spacial score (nSPS) is 14.1. The first-order chi connectivity index (χ1) is 8.97. The summed E-state index contributed by atoms with van der Waals surface area (Å²) >= 11 is 0. The van der Waals surface area contributed by atoms with Crippen molar-refractivity contribution in [3.63, 3.8) is 0 Å². The molecule has 0 N–H and O–H groups in total. The monoisotopic (exact) mass is 288 g/mol. The van der Waals surface area contributed by atoms with Crippen LogP contribution in [0.2, 0.25) is 0 Å². The van der Waals surface area contributed by atoms with Gasteiger partial charge < -0.3 is 0 Å². The van der Waals surface area contributed by atoms with Crippen LogP contribution in [0.25, 0.3) is 0 Å². The van der Waals surface area contributed by atoms with Gasteiger partial charge in [-0.2, -0.15) is 0 Å². The SMILES string of the molecule is CCCCCS(=O)C(C)C(=O)c1ccc(F)c(F)c1. The van der Waals surface area contributed by atoms with Gasteiger partial charge in [-0.1, -0.05) is 19.8 Å². The molecular formula is C14H18F2O2S. The highest BCUT2D eigenvalue weighted by Crippen LogP contribution is 2.13. The number of rotatable bonds is 7. The van der Waals surface area contributed by atoms with E-state index >= 15 is 0 Å². The smallest absolute Gasteiger partial charge is 0.178 e. The van der Waals surface area contributed by atoms with Crippen molar-refractivity contribution in [2.24, 2.45) is 0 Å². The lowest BCUT2D eigenvalue weighted by molar-refractivity contribution is 0.0992. The van der Waals surface area contributed by atoms with Crippen molar-refractivity contribution in [3.05, 3.63) is 35.4 Å². The molecule has 0 amide bonds. The highest BCUT2D eigenvalue weighted by molar-refractivity contribution is 7.86. The third-order valence-electron chi connectivity index (χ3n) is 2.92. The van der Waals surface area contributed by atoms with E-state index in [1.165, 1.54) is 6.07 Å². The van der Waals surface area contributed by atoms with E-state index in [4.69, 9.17) is 0 Å². The van der Waals surface area contributed by atoms with E-state index in [-0.39, 0.29) is 5.56 Å². The molecule has 0 aliphatic carbocycles. The number of carbonyl (C=O) groups is 1. The molecule has 0 saturated carbocycles. The van der Waals surface area contributed by atoms with Crippen molar-refractivity contribution in [2.75, 3.05) is 5.75 Å². The summed E-state index contributed by atoms with van der Waals surface area (Å²) in [5.41, 5.74) is 0.0650. The number of carbonyl (C=O) groups excluding carboxylic acids is 1. The first kappa shape index (κ1) is 16.0. The topological polar surface area (TPSA) is 34.1 Å². The van der Waals surface area contributed by atoms with Gasteiger partial charge in [-0.25, -0.2) is 8.78 Å². The molecule has 2 nitrogen and oxygen atoms in total. The van der Waals surface area contributed by atoms with Crippen molar-refractivity contribution in [3.8, 4) is 0 Å². The summed E-state index contributed by atoms with van der Waals surface area (Å²) in [6, 6.07) is 2.99. The van der Waals surface area contributed by atoms with Crippen molar-refractivity contribution in [2.45, 2.75) is 38.4 Å². The molecule has 0 aliphatic heterocycles. The third kappa shape index (κ3) is 4.49. The van der Waals surface area contributed by atoms with Gasteiger partial charge in [0.1, 0.15) is 0 Å². The van der Waals surface area contributed by atoms with E-state index in [1.54, 1.807) is 6.92 Å². The molecule has 0 heterocycles. The molecule has 0 bridgehead atoms. The molecular weight excluding hydrogens is 270 g/mol. The molecule has 0 aromatic heterocycles. The van der Waals surface area contributed by atoms with Crippen molar-refractivity contribution in [1.29, 1.82) is 0 Å². The summed E-state index contributed by atoms with van der Waals surface area (Å²) in [7, 11) is -1.27. The predicted molar refractivity (Wildman–Crippen MR) is 72.7 cm³/mol. The van der Waals surface area contributed by atoms with Crippen LogP contribution in [0, 0.1) is 11.6 Å². The molecule has 1 rings (SSSR count). The highest BCUT2D eigenvalue weighted by atomic mass is 32.2. The maximum atomic E-state index is 13.0. The van der Waals surface area contributed by atoms with E-state index in [0.29, 0.717) is 5.75 Å². The Labute approximate surface area is 114 Å². The Hall–Kier alpha value is -1.10. The van der Waals surface area contributed by atoms with E-state index in [2.05, 4.69) is 0 Å². The van der Waals surface area contributed by atoms with E-state index in [0.717, 1.165) is 31.4 Å². The number of hydrogen-bond acceptors (Lipinski definition) is 2. The number of Topliss-reactive ketones (excluding diaryl/α,β-unsaturated/α-hetero) is 1. The highest BCUT2D eigenvalue weighted by Gasteiger charge is 2.21. The molecule has 0 radical (unpaired) electrons. The summed E-state index contributed by atoms with van der Waals surface area (Å²) < 4.78 is 37.7. The van der Waals surface area contributed by atoms with Crippen LogP contribution in [0.3, 0.4) is 0 Å². The lowest BCUT2D eigenvalue weighted by atomic mass is 10.1. The molecule has 1 aromatic carbocycles. The minimum Gasteiger partial charge on any atom is -0.293 e. The predicted octanol–water partition coefficient (Wildman–Crippen LogP) is 3.47. The maximum absolute atomic E-state index is 13.0. The van der Waals surface area contributed by atoms with Crippen molar-refractivity contribution >= 4 is 16.6 Å². The zero-order chi connectivity index (χ0) is 14.4. The minimum atomic E-state index is -1.27. The lowest BCUT2D eigenvalue weighted by Gasteiger charge is -2.10. The zero-order valence-electron chi connectivity index (χ0n) is 11.1. The summed E-state index contributed by atoms with van der Waals surface area (Å²) in [5.74, 6) is -2.00. The van der Waals surface area contributed by atoms with Gasteiger partial charge in [0, 0.05) is 22.1 Å². The zero-order valence-corrected chi connectivity index (χ0v) is 11.9. The number of hydrogen-bond donors (Lipinski definition) is 0. The average Bonchev–Trinajstić information content (AvgIpc) is 2.40. The Morgan fingerprint density at radius 3 is 2.53 bits per heavy atom. The second-order valence-corrected chi connectivity index (χ2v) is 6.30. The summed E-state index contributed by atoms with van der Waals surface area (Å²) in [4.78, 5) is 12.0. The molecule has 5 heteroatoms. The van der Waals surface area contributed by atoms with Crippen molar-refractivity contribution in [1.82, 2.24) is 0 Å². The van der Waals surface area contributed by atoms with Gasteiger partial charge in [-0.3, -0.25) is 9.00 Å². The van der Waals surface area contributed by atoms with Crippen LogP contribution in [0.15, 0.2) is 18.2 Å². The molecule has 1 aromatic rings. The van der Waals surface area contributed by atoms with Crippen LogP contribution in [-0.4, -0.2) is 21.0 Å². The Kier molecular flexibility index (Phi) is 6.28. The quantitative estimate of drug-likeness (QED) is 0.568. The molecule has 106 valence electrons. The molecule has 2 atom stereocenters. The molecule has 0 aliphatic rings. The summed E-state index contributed by atoms with van der Waals surface area (Å²) in [6.07, 6.45) is 2.79. The summed E-state index contributed by atoms with van der Waals surface area (Å²) in [5, 5.41) is -0.693. The van der Waals surface area contributed by atoms with Crippen LogP contribution < -0.4 is 0 Å². The largest absolute Gasteiger partial charge is 0.293 e. The van der Waals surface area contributed by atoms with Gasteiger partial charge in [-0.05, 0) is 31.5 Å². The van der Waals surface area contributed by atoms with Crippen LogP contribution >= 0.6 is 0 Å². The average molecular weight is 288 g/mol. The number of unbranched alkanes of at least 4 members (excludes halogenated alkanes) is 2. The van der Waals surface area contributed by atoms with Crippen LogP contribution in [0.4, 0.5) is 8.78 Å². The second-order valence-electron chi connectivity index (χ2n) is 4.43. The first-order valence-corrected chi connectivity index (χ1v) is 7.72. The van der Waals surface area contributed by atoms with Crippen LogP contribution in [-0.2, 0) is 10.8 Å². The minimum absolute atomic E-state index is 0.0650. The molecule has 2 unspecified atom stereocenters. The molecule has 0 saturated heterocycles. The Morgan fingerprint density at radius 1 is 1.26 bits per heavy atom. The van der Waals surface area contributed by atoms with Gasteiger partial charge in [0.05, 0.1) is 5.25 Å². The summed E-state index contributed by atoms with van der Waals surface area (Å²) in [6.45, 7) is 3.60. The van der Waals surface area contributed by atoms with Gasteiger partial charge >= 0.3 is 0 Å². The first-order valence-electron chi connectivity index (χ1n) is 6.33. The van der Waals surface area contributed by atoms with Crippen LogP contribution in [0.1, 0.15) is 43.5 Å². The Bertz CT molecular complexity index is 475. The van der Waals surface area contributed by atoms with Crippen molar-refractivity contribution < 1.29 is 17.8 Å². The fourth-order valence-corrected chi connectivity index (χ4v) is 2.89. The molecule has 0 fully saturated rings. The van der Waals surface area contributed by atoms with Gasteiger partial charge in [0.15, 0.2) is 17.4 Å². The standard InChI is InChI=1S/C14H18F2O2S/c1-3-4-5-8-19(18)10(2)14(17)11-6-7-12(15)13(16)9-11/h6-7,9-10H,3-5,8H2,1-2H3. The van der Waals surface area contributed by atoms with Gasteiger partial charge in [0.25, 0.3) is 0 Å². The molecule has 0 spiro atoms. The van der Waals surface area contributed by atoms with Crippen LogP contribution in [0.5, 0.6) is 0 Å². The third-order valence-corrected chi connectivity index (χ3v) is 4.61. The Morgan fingerprint density at radius 2 is 1.95 bits per heavy atom. The fraction of sp³-hybridized carbons (Fsp3) is 0.500. The number of ketones is 1. The van der Waals surface area contributed by atoms with E-state index in [1.807, 2.05) is 6.92 Å². The fourth-order valence-electron chi connectivity index (χ4n) is 1.67. The second kappa shape index (κ2) is 7.48. The van der Waals surface area contributed by atoms with E-state index in [9.17, 15) is 17.8 Å². The lowest BCUT2D eigenvalue weighted by Crippen LogP contribution is -2.24. The molecule has 19 heavy (non-hydrogen) atoms. The van der Waals surface area contributed by atoms with E-state index < -0.39 is 33.5 Å². The maximum Gasteiger partial charge on any atom is 0.178 e. The van der Waals surface area contributed by atoms with Gasteiger partial charge in [0.2, 0.25) is 0 Å². The number of benzene rings is 1. The Balaban J connectivity index is 2.70. The van der Waals surface area contributed by atoms with Gasteiger partial charge in [-0.15, -0.1) is 0 Å².